The van der Waals surface area contributed by atoms with Crippen LogP contribution in [0.2, 0.25) is 5.02 Å². The third-order valence-corrected chi connectivity index (χ3v) is 3.07. The van der Waals surface area contributed by atoms with E-state index in [1.54, 1.807) is 11.3 Å². The lowest BCUT2D eigenvalue weighted by molar-refractivity contribution is 0.320. The van der Waals surface area contributed by atoms with Gasteiger partial charge in [0.1, 0.15) is 0 Å². The van der Waals surface area contributed by atoms with Crippen molar-refractivity contribution in [3.05, 3.63) is 26.9 Å². The van der Waals surface area contributed by atoms with Crippen molar-refractivity contribution in [1.82, 2.24) is 0 Å². The Labute approximate surface area is 87.7 Å². The molecule has 1 aromatic heterocycles. The molecule has 0 aliphatic rings. The first-order chi connectivity index (χ1) is 6.13. The summed E-state index contributed by atoms with van der Waals surface area (Å²) in [4.78, 5) is 1.10. The van der Waals surface area contributed by atoms with Gasteiger partial charge in [-0.3, -0.25) is 0 Å². The highest BCUT2D eigenvalue weighted by molar-refractivity contribution is 7.11. The molecule has 1 aromatic rings. The minimum atomic E-state index is 0.118. The van der Waals surface area contributed by atoms with Crippen LogP contribution in [-0.4, -0.2) is 11.7 Å². The Hall–Kier alpha value is -0.310. The summed E-state index contributed by atoms with van der Waals surface area (Å²) in [5.74, 6) is 0.380. The van der Waals surface area contributed by atoms with Crippen LogP contribution in [0.4, 0.5) is 0 Å². The molecule has 13 heavy (non-hydrogen) atoms. The Morgan fingerprint density at radius 1 is 1.69 bits per heavy atom. The first-order valence-corrected chi connectivity index (χ1v) is 5.44. The monoisotopic (exact) mass is 216 g/mol. The Morgan fingerprint density at radius 2 is 2.38 bits per heavy atom. The fraction of sp³-hybridized carbons (Fsp3) is 0.400. The quantitative estimate of drug-likeness (QED) is 0.821. The van der Waals surface area contributed by atoms with Crippen LogP contribution in [-0.2, 0) is 0 Å². The van der Waals surface area contributed by atoms with E-state index in [1.165, 1.54) is 0 Å². The van der Waals surface area contributed by atoms with Crippen LogP contribution in [0.25, 0.3) is 6.08 Å². The number of aliphatic hydroxyl groups excluding tert-OH is 1. The van der Waals surface area contributed by atoms with Gasteiger partial charge in [0.15, 0.2) is 0 Å². The predicted molar refractivity (Wildman–Crippen MR) is 59.2 cm³/mol. The maximum absolute atomic E-state index is 9.07. The fourth-order valence-corrected chi connectivity index (χ4v) is 2.03. The van der Waals surface area contributed by atoms with Gasteiger partial charge in [-0.05, 0) is 23.6 Å². The Bertz CT molecular complexity index is 302. The predicted octanol–water partition coefficient (Wildman–Crippen LogP) is 3.43. The average Bonchev–Trinajstić information content (AvgIpc) is 2.46. The van der Waals surface area contributed by atoms with Gasteiger partial charge in [0.25, 0.3) is 0 Å². The molecule has 1 rings (SSSR count). The van der Waals surface area contributed by atoms with Gasteiger partial charge in [0, 0.05) is 10.3 Å². The molecule has 0 aliphatic heterocycles. The lowest BCUT2D eigenvalue weighted by atomic mass is 10.0. The maximum Gasteiger partial charge on any atom is 0.0647 e. The molecule has 1 N–H and O–H groups in total. The largest absolute Gasteiger partial charge is 0.392 e. The summed E-state index contributed by atoms with van der Waals surface area (Å²) in [6, 6.07) is 1.91. The van der Waals surface area contributed by atoms with Gasteiger partial charge < -0.3 is 5.11 Å². The van der Waals surface area contributed by atoms with E-state index in [4.69, 9.17) is 16.7 Å². The van der Waals surface area contributed by atoms with E-state index in [1.807, 2.05) is 17.5 Å². The number of aliphatic hydroxyl groups is 1. The molecule has 0 spiro atoms. The van der Waals surface area contributed by atoms with Crippen LogP contribution in [0.15, 0.2) is 17.0 Å². The highest BCUT2D eigenvalue weighted by Gasteiger charge is 2.02. The molecule has 72 valence electrons. The molecule has 1 nitrogen and oxygen atoms in total. The fourth-order valence-electron chi connectivity index (χ4n) is 0.982. The van der Waals surface area contributed by atoms with Gasteiger partial charge in [-0.15, -0.1) is 11.3 Å². The normalized spacial score (nSPS) is 12.5. The molecule has 0 fully saturated rings. The van der Waals surface area contributed by atoms with Crippen molar-refractivity contribution >= 4 is 29.0 Å². The standard InChI is InChI=1S/C10H13ClOS/c1-7(2)8(5-12)3-10-4-9(11)6-13-10/h3-4,6-7,12H,5H2,1-2H3/b8-3-. The zero-order valence-corrected chi connectivity index (χ0v) is 9.32. The summed E-state index contributed by atoms with van der Waals surface area (Å²) in [5.41, 5.74) is 1.04. The van der Waals surface area contributed by atoms with E-state index in [2.05, 4.69) is 13.8 Å². The van der Waals surface area contributed by atoms with Crippen molar-refractivity contribution in [2.45, 2.75) is 13.8 Å². The molecule has 0 unspecified atom stereocenters. The minimum absolute atomic E-state index is 0.118. The van der Waals surface area contributed by atoms with Crippen LogP contribution in [0.3, 0.4) is 0 Å². The van der Waals surface area contributed by atoms with E-state index < -0.39 is 0 Å². The molecule has 0 aliphatic carbocycles. The van der Waals surface area contributed by atoms with Crippen molar-refractivity contribution in [2.75, 3.05) is 6.61 Å². The SMILES string of the molecule is CC(C)/C(=C\c1cc(Cl)cs1)CO. The molecular weight excluding hydrogens is 204 g/mol. The van der Waals surface area contributed by atoms with E-state index in [0.29, 0.717) is 5.92 Å². The van der Waals surface area contributed by atoms with Crippen LogP contribution >= 0.6 is 22.9 Å². The number of thiophene rings is 1. The first-order valence-electron chi connectivity index (χ1n) is 4.19. The summed E-state index contributed by atoms with van der Waals surface area (Å²) < 4.78 is 0. The minimum Gasteiger partial charge on any atom is -0.392 e. The molecule has 0 atom stereocenters. The van der Waals surface area contributed by atoms with Crippen molar-refractivity contribution in [2.24, 2.45) is 5.92 Å². The third-order valence-electron chi connectivity index (χ3n) is 1.84. The van der Waals surface area contributed by atoms with Crippen LogP contribution in [0.1, 0.15) is 18.7 Å². The molecule has 0 radical (unpaired) electrons. The molecule has 1 heterocycles. The maximum atomic E-state index is 9.07. The van der Waals surface area contributed by atoms with Crippen LogP contribution < -0.4 is 0 Å². The van der Waals surface area contributed by atoms with Crippen molar-refractivity contribution in [1.29, 1.82) is 0 Å². The van der Waals surface area contributed by atoms with E-state index in [0.717, 1.165) is 15.5 Å². The van der Waals surface area contributed by atoms with E-state index >= 15 is 0 Å². The van der Waals surface area contributed by atoms with Gasteiger partial charge >= 0.3 is 0 Å². The van der Waals surface area contributed by atoms with E-state index in [-0.39, 0.29) is 6.61 Å². The summed E-state index contributed by atoms with van der Waals surface area (Å²) in [6.45, 7) is 4.25. The molecule has 0 aromatic carbocycles. The molecular formula is C10H13ClOS. The molecule has 0 amide bonds. The van der Waals surface area contributed by atoms with Crippen molar-refractivity contribution in [3.63, 3.8) is 0 Å². The summed E-state index contributed by atoms with van der Waals surface area (Å²) >= 11 is 7.38. The zero-order valence-electron chi connectivity index (χ0n) is 7.75. The number of halogens is 1. The van der Waals surface area contributed by atoms with Gasteiger partial charge in [0.05, 0.1) is 11.6 Å². The van der Waals surface area contributed by atoms with E-state index in [9.17, 15) is 0 Å². The Balaban J connectivity index is 2.84. The second kappa shape index (κ2) is 4.80. The summed E-state index contributed by atoms with van der Waals surface area (Å²) in [6.07, 6.45) is 2.00. The lowest BCUT2D eigenvalue weighted by Gasteiger charge is -2.06. The topological polar surface area (TPSA) is 20.2 Å². The van der Waals surface area contributed by atoms with Crippen LogP contribution in [0, 0.1) is 5.92 Å². The van der Waals surface area contributed by atoms with Gasteiger partial charge in [-0.1, -0.05) is 25.4 Å². The highest BCUT2D eigenvalue weighted by Crippen LogP contribution is 2.23. The molecule has 0 saturated heterocycles. The number of rotatable bonds is 3. The summed E-state index contributed by atoms with van der Waals surface area (Å²) in [5, 5.41) is 11.7. The number of hydrogen-bond donors (Lipinski definition) is 1. The summed E-state index contributed by atoms with van der Waals surface area (Å²) in [7, 11) is 0. The van der Waals surface area contributed by atoms with Crippen molar-refractivity contribution in [3.8, 4) is 0 Å². The first kappa shape index (κ1) is 10.8. The molecule has 0 saturated carbocycles. The number of hydrogen-bond acceptors (Lipinski definition) is 2. The zero-order chi connectivity index (χ0) is 9.84. The second-order valence-electron chi connectivity index (χ2n) is 3.20. The van der Waals surface area contributed by atoms with Gasteiger partial charge in [-0.25, -0.2) is 0 Å². The second-order valence-corrected chi connectivity index (χ2v) is 4.58. The lowest BCUT2D eigenvalue weighted by Crippen LogP contribution is -1.98. The van der Waals surface area contributed by atoms with Crippen LogP contribution in [0.5, 0.6) is 0 Å². The van der Waals surface area contributed by atoms with Crippen molar-refractivity contribution < 1.29 is 5.11 Å². The third kappa shape index (κ3) is 3.14. The Kier molecular flexibility index (Phi) is 3.97. The molecule has 3 heteroatoms. The van der Waals surface area contributed by atoms with Gasteiger partial charge in [0.2, 0.25) is 0 Å². The van der Waals surface area contributed by atoms with Gasteiger partial charge in [-0.2, -0.15) is 0 Å². The average molecular weight is 217 g/mol. The molecule has 0 bridgehead atoms. The highest BCUT2D eigenvalue weighted by atomic mass is 35.5. The Morgan fingerprint density at radius 3 is 2.77 bits per heavy atom. The smallest absolute Gasteiger partial charge is 0.0647 e.